The smallest absolute Gasteiger partial charge is 0.0366 e. The van der Waals surface area contributed by atoms with Crippen molar-refractivity contribution in [3.63, 3.8) is 0 Å². The first kappa shape index (κ1) is 13.4. The molecule has 0 saturated heterocycles. The van der Waals surface area contributed by atoms with Crippen LogP contribution in [0.5, 0.6) is 0 Å². The molecule has 1 saturated carbocycles. The van der Waals surface area contributed by atoms with Gasteiger partial charge in [0.1, 0.15) is 0 Å². The molecule has 18 heavy (non-hydrogen) atoms. The third kappa shape index (κ3) is 3.74. The highest BCUT2D eigenvalue weighted by Crippen LogP contribution is 2.32. The second kappa shape index (κ2) is 6.24. The number of aryl methyl sites for hydroxylation is 1. The minimum Gasteiger partial charge on any atom is -0.371 e. The van der Waals surface area contributed by atoms with Crippen LogP contribution in [0.25, 0.3) is 0 Å². The van der Waals surface area contributed by atoms with Crippen molar-refractivity contribution >= 4 is 5.69 Å². The van der Waals surface area contributed by atoms with Crippen LogP contribution in [0.1, 0.15) is 32.3 Å². The molecule has 1 aliphatic rings. The third-order valence-electron chi connectivity index (χ3n) is 3.96. The van der Waals surface area contributed by atoms with E-state index in [0.717, 1.165) is 25.6 Å². The molecule has 2 heteroatoms. The highest BCUT2D eigenvalue weighted by Gasteiger charge is 2.27. The van der Waals surface area contributed by atoms with Gasteiger partial charge in [0.25, 0.3) is 0 Å². The number of likely N-dealkylation sites (N-methyl/N-ethyl adjacent to an activating group) is 1. The monoisotopic (exact) mass is 246 g/mol. The fourth-order valence-corrected chi connectivity index (χ4v) is 2.42. The molecule has 0 aromatic heterocycles. The van der Waals surface area contributed by atoms with E-state index in [-0.39, 0.29) is 0 Å². The molecule has 0 heterocycles. The largest absolute Gasteiger partial charge is 0.371 e. The number of hydrogen-bond donors (Lipinski definition) is 1. The van der Waals surface area contributed by atoms with E-state index in [1.165, 1.54) is 24.1 Å². The minimum atomic E-state index is 0.696. The highest BCUT2D eigenvalue weighted by molar-refractivity contribution is 5.47. The first-order valence-electron chi connectivity index (χ1n) is 7.25. The molecule has 100 valence electrons. The first-order valence-corrected chi connectivity index (χ1v) is 7.25. The van der Waals surface area contributed by atoms with E-state index in [4.69, 9.17) is 0 Å². The van der Waals surface area contributed by atoms with Crippen molar-refractivity contribution in [2.24, 2.45) is 5.92 Å². The highest BCUT2D eigenvalue weighted by atomic mass is 15.1. The Morgan fingerprint density at radius 3 is 2.50 bits per heavy atom. The lowest BCUT2D eigenvalue weighted by Crippen LogP contribution is -2.36. The van der Waals surface area contributed by atoms with Crippen molar-refractivity contribution in [2.75, 3.05) is 24.5 Å². The molecule has 1 aliphatic carbocycles. The summed E-state index contributed by atoms with van der Waals surface area (Å²) in [4.78, 5) is 2.44. The number of hydrogen-bond acceptors (Lipinski definition) is 2. The summed E-state index contributed by atoms with van der Waals surface area (Å²) in [5.74, 6) is 0.944. The van der Waals surface area contributed by atoms with Crippen LogP contribution in [0, 0.1) is 12.8 Å². The van der Waals surface area contributed by atoms with Gasteiger partial charge in [-0.1, -0.05) is 17.7 Å². The lowest BCUT2D eigenvalue weighted by Gasteiger charge is -2.24. The Balaban J connectivity index is 1.79. The Labute approximate surface area is 111 Å². The van der Waals surface area contributed by atoms with Crippen molar-refractivity contribution in [3.05, 3.63) is 29.8 Å². The molecule has 0 amide bonds. The van der Waals surface area contributed by atoms with Crippen LogP contribution in [0.2, 0.25) is 0 Å². The van der Waals surface area contributed by atoms with Crippen molar-refractivity contribution in [2.45, 2.75) is 39.7 Å². The first-order chi connectivity index (χ1) is 8.70. The molecular weight excluding hydrogens is 220 g/mol. The molecule has 0 radical (unpaired) electrons. The predicted octanol–water partition coefficient (Wildman–Crippen LogP) is 3.21. The second-order valence-electron chi connectivity index (χ2n) is 5.50. The lowest BCUT2D eigenvalue weighted by molar-refractivity contribution is 0.498. The maximum absolute atomic E-state index is 3.65. The second-order valence-corrected chi connectivity index (χ2v) is 5.50. The van der Waals surface area contributed by atoms with E-state index in [1.807, 2.05) is 0 Å². The molecular formula is C16H26N2. The van der Waals surface area contributed by atoms with E-state index in [1.54, 1.807) is 0 Å². The molecule has 1 aromatic rings. The molecule has 2 rings (SSSR count). The average Bonchev–Trinajstić information content (AvgIpc) is 3.20. The van der Waals surface area contributed by atoms with Gasteiger partial charge in [-0.2, -0.15) is 0 Å². The van der Waals surface area contributed by atoms with Gasteiger partial charge < -0.3 is 10.2 Å². The Morgan fingerprint density at radius 2 is 1.94 bits per heavy atom. The normalized spacial score (nSPS) is 16.6. The summed E-state index contributed by atoms with van der Waals surface area (Å²) in [5.41, 5.74) is 2.67. The van der Waals surface area contributed by atoms with E-state index < -0.39 is 0 Å². The van der Waals surface area contributed by atoms with Gasteiger partial charge in [0.05, 0.1) is 0 Å². The van der Waals surface area contributed by atoms with Gasteiger partial charge in [-0.15, -0.1) is 0 Å². The molecule has 1 atom stereocenters. The van der Waals surface area contributed by atoms with Crippen molar-refractivity contribution < 1.29 is 0 Å². The van der Waals surface area contributed by atoms with Gasteiger partial charge >= 0.3 is 0 Å². The SMILES string of the molecule is CCN(CCNC(C)C1CC1)c1ccc(C)cc1. The van der Waals surface area contributed by atoms with Gasteiger partial charge in [-0.3, -0.25) is 0 Å². The fraction of sp³-hybridized carbons (Fsp3) is 0.625. The number of nitrogens with zero attached hydrogens (tertiary/aromatic N) is 1. The molecule has 0 bridgehead atoms. The Morgan fingerprint density at radius 1 is 1.28 bits per heavy atom. The molecule has 1 aromatic carbocycles. The fourth-order valence-electron chi connectivity index (χ4n) is 2.42. The van der Waals surface area contributed by atoms with Crippen LogP contribution >= 0.6 is 0 Å². The van der Waals surface area contributed by atoms with Crippen LogP contribution in [-0.2, 0) is 0 Å². The van der Waals surface area contributed by atoms with Crippen LogP contribution < -0.4 is 10.2 Å². The Bertz CT molecular complexity index is 354. The van der Waals surface area contributed by atoms with Crippen molar-refractivity contribution in [1.82, 2.24) is 5.32 Å². The number of benzene rings is 1. The zero-order valence-corrected chi connectivity index (χ0v) is 11.9. The van der Waals surface area contributed by atoms with Gasteiger partial charge in [0, 0.05) is 31.4 Å². The summed E-state index contributed by atoms with van der Waals surface area (Å²) < 4.78 is 0. The zero-order chi connectivity index (χ0) is 13.0. The Hall–Kier alpha value is -1.02. The van der Waals surface area contributed by atoms with E-state index in [9.17, 15) is 0 Å². The molecule has 0 spiro atoms. The maximum atomic E-state index is 3.65. The van der Waals surface area contributed by atoms with Crippen molar-refractivity contribution in [1.29, 1.82) is 0 Å². The predicted molar refractivity (Wildman–Crippen MR) is 79.3 cm³/mol. The van der Waals surface area contributed by atoms with Crippen LogP contribution in [0.3, 0.4) is 0 Å². The van der Waals surface area contributed by atoms with E-state index >= 15 is 0 Å². The quantitative estimate of drug-likeness (QED) is 0.795. The molecule has 0 aliphatic heterocycles. The van der Waals surface area contributed by atoms with Crippen molar-refractivity contribution in [3.8, 4) is 0 Å². The summed E-state index contributed by atoms with van der Waals surface area (Å²) >= 11 is 0. The molecule has 1 fully saturated rings. The standard InChI is InChI=1S/C16H26N2/c1-4-18(16-9-5-13(2)6-10-16)12-11-17-14(3)15-7-8-15/h5-6,9-10,14-15,17H,4,7-8,11-12H2,1-3H3. The third-order valence-corrected chi connectivity index (χ3v) is 3.96. The molecule has 1 N–H and O–H groups in total. The lowest BCUT2D eigenvalue weighted by atomic mass is 10.2. The number of anilines is 1. The summed E-state index contributed by atoms with van der Waals surface area (Å²) in [5, 5.41) is 3.65. The van der Waals surface area contributed by atoms with Gasteiger partial charge in [-0.05, 0) is 51.7 Å². The van der Waals surface area contributed by atoms with Gasteiger partial charge in [-0.25, -0.2) is 0 Å². The van der Waals surface area contributed by atoms with Crippen LogP contribution in [-0.4, -0.2) is 25.7 Å². The van der Waals surface area contributed by atoms with Gasteiger partial charge in [0.15, 0.2) is 0 Å². The Kier molecular flexibility index (Phi) is 4.65. The molecule has 2 nitrogen and oxygen atoms in total. The summed E-state index contributed by atoms with van der Waals surface area (Å²) in [6, 6.07) is 9.53. The van der Waals surface area contributed by atoms with Crippen LogP contribution in [0.4, 0.5) is 5.69 Å². The summed E-state index contributed by atoms with van der Waals surface area (Å²) in [6.07, 6.45) is 2.84. The average molecular weight is 246 g/mol. The summed E-state index contributed by atoms with van der Waals surface area (Å²) in [6.45, 7) is 9.93. The minimum absolute atomic E-state index is 0.696. The topological polar surface area (TPSA) is 15.3 Å². The maximum Gasteiger partial charge on any atom is 0.0366 e. The van der Waals surface area contributed by atoms with E-state index in [2.05, 4.69) is 55.3 Å². The van der Waals surface area contributed by atoms with Crippen LogP contribution in [0.15, 0.2) is 24.3 Å². The number of nitrogens with one attached hydrogen (secondary N) is 1. The van der Waals surface area contributed by atoms with E-state index in [0.29, 0.717) is 6.04 Å². The van der Waals surface area contributed by atoms with Gasteiger partial charge in [0.2, 0.25) is 0 Å². The molecule has 1 unspecified atom stereocenters. The zero-order valence-electron chi connectivity index (χ0n) is 11.9. The number of rotatable bonds is 7. The summed E-state index contributed by atoms with van der Waals surface area (Å²) in [7, 11) is 0.